The van der Waals surface area contributed by atoms with Crippen LogP contribution in [0.1, 0.15) is 19.4 Å². The fourth-order valence-electron chi connectivity index (χ4n) is 2.43. The van der Waals surface area contributed by atoms with Crippen molar-refractivity contribution in [1.82, 2.24) is 0 Å². The number of anilines is 1. The van der Waals surface area contributed by atoms with Crippen LogP contribution in [0.5, 0.6) is 17.2 Å². The van der Waals surface area contributed by atoms with E-state index >= 15 is 0 Å². The average Bonchev–Trinajstić information content (AvgIpc) is 2.70. The smallest absolute Gasteiger partial charge is 0.266 e. The van der Waals surface area contributed by atoms with Gasteiger partial charge in [0.15, 0.2) is 11.5 Å². The molecule has 0 heterocycles. The van der Waals surface area contributed by atoms with E-state index in [1.807, 2.05) is 6.07 Å². The number of nitriles is 1. The number of halogens is 1. The molecule has 0 atom stereocenters. The summed E-state index contributed by atoms with van der Waals surface area (Å²) in [7, 11) is 3.02. The summed E-state index contributed by atoms with van der Waals surface area (Å²) in [6.45, 7) is 4.66. The molecule has 29 heavy (non-hydrogen) atoms. The Morgan fingerprint density at radius 2 is 1.83 bits per heavy atom. The van der Waals surface area contributed by atoms with Crippen molar-refractivity contribution in [3.05, 3.63) is 52.6 Å². The van der Waals surface area contributed by atoms with E-state index < -0.39 is 5.91 Å². The summed E-state index contributed by atoms with van der Waals surface area (Å²) in [5, 5.41) is 12.5. The van der Waals surface area contributed by atoms with E-state index in [2.05, 4.69) is 19.2 Å². The Bertz CT molecular complexity index is 948. The van der Waals surface area contributed by atoms with Crippen molar-refractivity contribution in [2.45, 2.75) is 13.8 Å². The van der Waals surface area contributed by atoms with Crippen LogP contribution in [0.3, 0.4) is 0 Å². The first-order valence-electron chi connectivity index (χ1n) is 8.95. The Balaban J connectivity index is 2.26. The number of hydrogen-bond donors (Lipinski definition) is 1. The Morgan fingerprint density at radius 1 is 1.14 bits per heavy atom. The lowest BCUT2D eigenvalue weighted by Crippen LogP contribution is -2.14. The lowest BCUT2D eigenvalue weighted by atomic mass is 10.1. The van der Waals surface area contributed by atoms with Crippen molar-refractivity contribution in [1.29, 1.82) is 5.26 Å². The minimum absolute atomic E-state index is 0.0788. The maximum absolute atomic E-state index is 12.6. The maximum Gasteiger partial charge on any atom is 0.266 e. The SMILES string of the molecule is COc1ccc(Cl)cc1NC(=O)/C(C#N)=C/c1ccc(OCC(C)C)c(OC)c1. The first kappa shape index (κ1) is 22.1. The summed E-state index contributed by atoms with van der Waals surface area (Å²) in [6.07, 6.45) is 1.47. The summed E-state index contributed by atoms with van der Waals surface area (Å²) in [6, 6.07) is 12.0. The van der Waals surface area contributed by atoms with Gasteiger partial charge in [-0.1, -0.05) is 31.5 Å². The summed E-state index contributed by atoms with van der Waals surface area (Å²) in [5.41, 5.74) is 0.926. The molecule has 0 unspecified atom stereocenters. The molecule has 0 saturated carbocycles. The Labute approximate surface area is 175 Å². The van der Waals surface area contributed by atoms with Gasteiger partial charge in [-0.05, 0) is 47.9 Å². The first-order chi connectivity index (χ1) is 13.9. The zero-order valence-electron chi connectivity index (χ0n) is 16.8. The number of methoxy groups -OCH3 is 2. The Morgan fingerprint density at radius 3 is 2.45 bits per heavy atom. The largest absolute Gasteiger partial charge is 0.495 e. The third-order valence-corrected chi connectivity index (χ3v) is 4.08. The van der Waals surface area contributed by atoms with E-state index in [9.17, 15) is 10.1 Å². The molecule has 0 radical (unpaired) electrons. The van der Waals surface area contributed by atoms with Crippen LogP contribution in [-0.4, -0.2) is 26.7 Å². The van der Waals surface area contributed by atoms with Crippen LogP contribution >= 0.6 is 11.6 Å². The molecule has 0 aromatic heterocycles. The molecule has 152 valence electrons. The molecule has 0 saturated heterocycles. The molecule has 2 rings (SSSR count). The number of hydrogen-bond acceptors (Lipinski definition) is 5. The van der Waals surface area contributed by atoms with Crippen LogP contribution in [-0.2, 0) is 4.79 Å². The summed E-state index contributed by atoms with van der Waals surface area (Å²) >= 11 is 5.98. The van der Waals surface area contributed by atoms with Crippen molar-refractivity contribution in [2.24, 2.45) is 5.92 Å². The van der Waals surface area contributed by atoms with Crippen LogP contribution in [0.15, 0.2) is 42.0 Å². The zero-order valence-corrected chi connectivity index (χ0v) is 17.5. The Kier molecular flexibility index (Phi) is 7.93. The van der Waals surface area contributed by atoms with E-state index in [1.54, 1.807) is 36.4 Å². The fourth-order valence-corrected chi connectivity index (χ4v) is 2.60. The molecule has 0 aliphatic heterocycles. The number of ether oxygens (including phenoxy) is 3. The fraction of sp³-hybridized carbons (Fsp3) is 0.273. The molecular formula is C22H23ClN2O4. The first-order valence-corrected chi connectivity index (χ1v) is 9.33. The number of rotatable bonds is 8. The Hall–Kier alpha value is -3.17. The molecule has 2 aromatic carbocycles. The van der Waals surface area contributed by atoms with Crippen LogP contribution < -0.4 is 19.5 Å². The molecule has 0 aliphatic carbocycles. The lowest BCUT2D eigenvalue weighted by molar-refractivity contribution is -0.112. The van der Waals surface area contributed by atoms with Gasteiger partial charge in [-0.2, -0.15) is 5.26 Å². The molecule has 2 aromatic rings. The second kappa shape index (κ2) is 10.4. The normalized spacial score (nSPS) is 11.0. The highest BCUT2D eigenvalue weighted by atomic mass is 35.5. The molecule has 0 spiro atoms. The topological polar surface area (TPSA) is 80.6 Å². The molecule has 1 amide bonds. The van der Waals surface area contributed by atoms with Gasteiger partial charge in [0.25, 0.3) is 5.91 Å². The lowest BCUT2D eigenvalue weighted by Gasteiger charge is -2.13. The van der Waals surface area contributed by atoms with Gasteiger partial charge in [0.1, 0.15) is 17.4 Å². The van der Waals surface area contributed by atoms with Gasteiger partial charge in [-0.3, -0.25) is 4.79 Å². The standard InChI is InChI=1S/C22H23ClN2O4/c1-14(2)13-29-20-7-5-15(10-21(20)28-4)9-16(12-24)22(26)25-18-11-17(23)6-8-19(18)27-3/h5-11,14H,13H2,1-4H3,(H,25,26)/b16-9+. The number of amides is 1. The highest BCUT2D eigenvalue weighted by Gasteiger charge is 2.14. The summed E-state index contributed by atoms with van der Waals surface area (Å²) in [4.78, 5) is 12.6. The minimum atomic E-state index is -0.577. The third kappa shape index (κ3) is 6.16. The van der Waals surface area contributed by atoms with Crippen molar-refractivity contribution in [3.63, 3.8) is 0 Å². The number of nitrogens with zero attached hydrogens (tertiary/aromatic N) is 1. The quantitative estimate of drug-likeness (QED) is 0.489. The number of carbonyl (C=O) groups excluding carboxylic acids is 1. The second-order valence-corrected chi connectivity index (χ2v) is 7.02. The van der Waals surface area contributed by atoms with Gasteiger partial charge in [-0.15, -0.1) is 0 Å². The average molecular weight is 415 g/mol. The predicted octanol–water partition coefficient (Wildman–Crippen LogP) is 4.94. The third-order valence-electron chi connectivity index (χ3n) is 3.85. The van der Waals surface area contributed by atoms with Gasteiger partial charge in [0, 0.05) is 5.02 Å². The monoisotopic (exact) mass is 414 g/mol. The number of carbonyl (C=O) groups is 1. The van der Waals surface area contributed by atoms with E-state index in [-0.39, 0.29) is 5.57 Å². The van der Waals surface area contributed by atoms with E-state index in [1.165, 1.54) is 20.3 Å². The van der Waals surface area contributed by atoms with Gasteiger partial charge < -0.3 is 19.5 Å². The van der Waals surface area contributed by atoms with Crippen molar-refractivity contribution in [2.75, 3.05) is 26.1 Å². The van der Waals surface area contributed by atoms with Gasteiger partial charge >= 0.3 is 0 Å². The van der Waals surface area contributed by atoms with Crippen molar-refractivity contribution in [3.8, 4) is 23.3 Å². The predicted molar refractivity (Wildman–Crippen MR) is 114 cm³/mol. The van der Waals surface area contributed by atoms with E-state index in [0.29, 0.717) is 46.0 Å². The maximum atomic E-state index is 12.6. The molecule has 1 N–H and O–H groups in total. The molecular weight excluding hydrogens is 392 g/mol. The second-order valence-electron chi connectivity index (χ2n) is 6.58. The molecule has 0 fully saturated rings. The van der Waals surface area contributed by atoms with Crippen molar-refractivity contribution < 1.29 is 19.0 Å². The van der Waals surface area contributed by atoms with Crippen LogP contribution in [0.4, 0.5) is 5.69 Å². The van der Waals surface area contributed by atoms with Crippen molar-refractivity contribution >= 4 is 29.3 Å². The molecule has 0 aliphatic rings. The van der Waals surface area contributed by atoms with Gasteiger partial charge in [-0.25, -0.2) is 0 Å². The van der Waals surface area contributed by atoms with E-state index in [0.717, 1.165) is 0 Å². The van der Waals surface area contributed by atoms with Crippen LogP contribution in [0, 0.1) is 17.2 Å². The van der Waals surface area contributed by atoms with E-state index in [4.69, 9.17) is 25.8 Å². The highest BCUT2D eigenvalue weighted by molar-refractivity contribution is 6.31. The molecule has 6 nitrogen and oxygen atoms in total. The van der Waals surface area contributed by atoms with Gasteiger partial charge in [0.2, 0.25) is 0 Å². The number of benzene rings is 2. The minimum Gasteiger partial charge on any atom is -0.495 e. The summed E-state index contributed by atoms with van der Waals surface area (Å²) in [5.74, 6) is 1.36. The molecule has 7 heteroatoms. The number of nitrogens with one attached hydrogen (secondary N) is 1. The highest BCUT2D eigenvalue weighted by Crippen LogP contribution is 2.30. The van der Waals surface area contributed by atoms with Crippen LogP contribution in [0.2, 0.25) is 5.02 Å². The van der Waals surface area contributed by atoms with Crippen LogP contribution in [0.25, 0.3) is 6.08 Å². The molecule has 0 bridgehead atoms. The summed E-state index contributed by atoms with van der Waals surface area (Å²) < 4.78 is 16.3. The zero-order chi connectivity index (χ0) is 21.4. The van der Waals surface area contributed by atoms with Gasteiger partial charge in [0.05, 0.1) is 26.5 Å².